The third-order valence-corrected chi connectivity index (χ3v) is 5.56. The Hall–Kier alpha value is -4.19. The van der Waals surface area contributed by atoms with Crippen molar-refractivity contribution < 1.29 is 14.0 Å². The lowest BCUT2D eigenvalue weighted by atomic mass is 10.0. The predicted octanol–water partition coefficient (Wildman–Crippen LogP) is 6.15. The van der Waals surface area contributed by atoms with Gasteiger partial charge in [0.25, 0.3) is 5.91 Å². The van der Waals surface area contributed by atoms with E-state index in [1.54, 1.807) is 23.1 Å². The number of nitrogens with zero attached hydrogens (tertiary/aromatic N) is 1. The highest BCUT2D eigenvalue weighted by Gasteiger charge is 2.16. The number of amides is 3. The number of hydrogen-bond acceptors (Lipinski definition) is 2. The summed E-state index contributed by atoms with van der Waals surface area (Å²) in [4.78, 5) is 27.3. The number of aryl methyl sites for hydroxylation is 1. The molecule has 34 heavy (non-hydrogen) atoms. The summed E-state index contributed by atoms with van der Waals surface area (Å²) in [5.41, 5.74) is 2.96. The van der Waals surface area contributed by atoms with Gasteiger partial charge in [-0.05, 0) is 66.6 Å². The molecule has 0 aromatic heterocycles. The van der Waals surface area contributed by atoms with Crippen molar-refractivity contribution in [1.29, 1.82) is 0 Å². The van der Waals surface area contributed by atoms with Gasteiger partial charge in [-0.15, -0.1) is 0 Å². The SMILES string of the molecule is Cc1ccc(NC(=O)N(CCCNC(=O)c2cccc3ccccc23)c2ccc(F)cc2)cc1. The molecule has 2 N–H and O–H groups in total. The number of nitrogens with one attached hydrogen (secondary N) is 2. The lowest BCUT2D eigenvalue weighted by Crippen LogP contribution is -2.37. The van der Waals surface area contributed by atoms with E-state index in [-0.39, 0.29) is 17.8 Å². The highest BCUT2D eigenvalue weighted by atomic mass is 19.1. The Morgan fingerprint density at radius 3 is 2.32 bits per heavy atom. The van der Waals surface area contributed by atoms with Crippen molar-refractivity contribution in [1.82, 2.24) is 5.32 Å². The van der Waals surface area contributed by atoms with E-state index in [1.165, 1.54) is 12.1 Å². The minimum atomic E-state index is -0.370. The number of rotatable bonds is 7. The average Bonchev–Trinajstić information content (AvgIpc) is 2.85. The molecular formula is C28H26FN3O2. The Kier molecular flexibility index (Phi) is 7.18. The third-order valence-electron chi connectivity index (χ3n) is 5.56. The van der Waals surface area contributed by atoms with Crippen molar-refractivity contribution in [3.8, 4) is 0 Å². The van der Waals surface area contributed by atoms with Gasteiger partial charge in [0.05, 0.1) is 0 Å². The first-order valence-electron chi connectivity index (χ1n) is 11.2. The topological polar surface area (TPSA) is 61.4 Å². The van der Waals surface area contributed by atoms with E-state index in [0.717, 1.165) is 16.3 Å². The molecule has 4 aromatic rings. The lowest BCUT2D eigenvalue weighted by molar-refractivity contribution is 0.0955. The summed E-state index contributed by atoms with van der Waals surface area (Å²) in [7, 11) is 0. The molecule has 0 saturated heterocycles. The number of fused-ring (bicyclic) bond motifs is 1. The van der Waals surface area contributed by atoms with Gasteiger partial charge in [0.1, 0.15) is 5.82 Å². The third kappa shape index (κ3) is 5.59. The molecule has 0 heterocycles. The van der Waals surface area contributed by atoms with Crippen LogP contribution in [0.1, 0.15) is 22.3 Å². The number of anilines is 2. The minimum absolute atomic E-state index is 0.158. The monoisotopic (exact) mass is 455 g/mol. The Morgan fingerprint density at radius 2 is 1.56 bits per heavy atom. The average molecular weight is 456 g/mol. The summed E-state index contributed by atoms with van der Waals surface area (Å²) in [6.07, 6.45) is 0.523. The van der Waals surface area contributed by atoms with Crippen LogP contribution in [0.2, 0.25) is 0 Å². The van der Waals surface area contributed by atoms with Crippen LogP contribution in [0.3, 0.4) is 0 Å². The summed E-state index contributed by atoms with van der Waals surface area (Å²) >= 11 is 0. The predicted molar refractivity (Wildman–Crippen MR) is 135 cm³/mol. The molecule has 0 radical (unpaired) electrons. The Labute approximate surface area is 198 Å². The second-order valence-corrected chi connectivity index (χ2v) is 8.06. The van der Waals surface area contributed by atoms with E-state index in [0.29, 0.717) is 36.4 Å². The van der Waals surface area contributed by atoms with Crippen molar-refractivity contribution in [3.63, 3.8) is 0 Å². The van der Waals surface area contributed by atoms with Crippen molar-refractivity contribution in [2.45, 2.75) is 13.3 Å². The molecule has 0 bridgehead atoms. The van der Waals surface area contributed by atoms with E-state index in [9.17, 15) is 14.0 Å². The van der Waals surface area contributed by atoms with Gasteiger partial charge in [0.15, 0.2) is 0 Å². The van der Waals surface area contributed by atoms with Gasteiger partial charge < -0.3 is 10.6 Å². The number of halogens is 1. The molecule has 0 fully saturated rings. The molecule has 0 aliphatic heterocycles. The largest absolute Gasteiger partial charge is 0.352 e. The summed E-state index contributed by atoms with van der Waals surface area (Å²) in [5, 5.41) is 7.73. The molecular weight excluding hydrogens is 429 g/mol. The van der Waals surface area contributed by atoms with Gasteiger partial charge in [-0.2, -0.15) is 0 Å². The maximum Gasteiger partial charge on any atom is 0.326 e. The van der Waals surface area contributed by atoms with Crippen LogP contribution < -0.4 is 15.5 Å². The molecule has 172 valence electrons. The van der Waals surface area contributed by atoms with E-state index >= 15 is 0 Å². The number of carbonyl (C=O) groups excluding carboxylic acids is 2. The van der Waals surface area contributed by atoms with Gasteiger partial charge in [0, 0.05) is 30.0 Å². The molecule has 0 saturated carbocycles. The van der Waals surface area contributed by atoms with Crippen LogP contribution in [-0.4, -0.2) is 25.0 Å². The lowest BCUT2D eigenvalue weighted by Gasteiger charge is -2.23. The molecule has 4 aromatic carbocycles. The molecule has 0 unspecified atom stereocenters. The number of hydrogen-bond donors (Lipinski definition) is 2. The molecule has 5 nitrogen and oxygen atoms in total. The number of urea groups is 1. The van der Waals surface area contributed by atoms with Crippen LogP contribution in [-0.2, 0) is 0 Å². The van der Waals surface area contributed by atoms with E-state index < -0.39 is 0 Å². The van der Waals surface area contributed by atoms with Crippen LogP contribution in [0.5, 0.6) is 0 Å². The van der Waals surface area contributed by atoms with E-state index in [4.69, 9.17) is 0 Å². The minimum Gasteiger partial charge on any atom is -0.352 e. The molecule has 0 spiro atoms. The first kappa shape index (κ1) is 23.0. The fraction of sp³-hybridized carbons (Fsp3) is 0.143. The van der Waals surface area contributed by atoms with Gasteiger partial charge in [-0.25, -0.2) is 9.18 Å². The highest BCUT2D eigenvalue weighted by Crippen LogP contribution is 2.19. The van der Waals surface area contributed by atoms with E-state index in [2.05, 4.69) is 10.6 Å². The molecule has 4 rings (SSSR count). The first-order valence-corrected chi connectivity index (χ1v) is 11.2. The van der Waals surface area contributed by atoms with Gasteiger partial charge in [-0.3, -0.25) is 9.69 Å². The van der Waals surface area contributed by atoms with Crippen LogP contribution in [0, 0.1) is 12.7 Å². The summed E-state index contributed by atoms with van der Waals surface area (Å²) in [5.74, 6) is -0.528. The van der Waals surface area contributed by atoms with Crippen molar-refractivity contribution >= 4 is 34.1 Å². The van der Waals surface area contributed by atoms with Crippen molar-refractivity contribution in [2.24, 2.45) is 0 Å². The quantitative estimate of drug-likeness (QED) is 0.329. The van der Waals surface area contributed by atoms with Gasteiger partial charge in [0.2, 0.25) is 0 Å². The fourth-order valence-electron chi connectivity index (χ4n) is 3.75. The molecule has 3 amide bonds. The molecule has 0 atom stereocenters. The zero-order valence-corrected chi connectivity index (χ0v) is 18.9. The smallest absolute Gasteiger partial charge is 0.326 e. The maximum absolute atomic E-state index is 13.4. The Balaban J connectivity index is 1.41. The van der Waals surface area contributed by atoms with Crippen LogP contribution >= 0.6 is 0 Å². The molecule has 0 aliphatic rings. The standard InChI is InChI=1S/C28H26FN3O2/c1-20-10-14-23(15-11-20)31-28(34)32(24-16-12-22(29)13-17-24)19-5-18-30-27(33)26-9-4-7-21-6-2-3-8-25(21)26/h2-4,6-17H,5,18-19H2,1H3,(H,30,33)(H,31,34). The summed E-state index contributed by atoms with van der Waals surface area (Å²) < 4.78 is 13.4. The fourth-order valence-corrected chi connectivity index (χ4v) is 3.75. The summed E-state index contributed by atoms with van der Waals surface area (Å²) in [6.45, 7) is 2.71. The highest BCUT2D eigenvalue weighted by molar-refractivity contribution is 6.07. The van der Waals surface area contributed by atoms with Crippen LogP contribution in [0.25, 0.3) is 10.8 Å². The first-order chi connectivity index (χ1) is 16.5. The Bertz CT molecular complexity index is 1280. The van der Waals surface area contributed by atoms with Gasteiger partial charge in [-0.1, -0.05) is 54.1 Å². The number of benzene rings is 4. The molecule has 0 aliphatic carbocycles. The second kappa shape index (κ2) is 10.6. The van der Waals surface area contributed by atoms with Crippen LogP contribution in [0.15, 0.2) is 91.0 Å². The zero-order chi connectivity index (χ0) is 23.9. The maximum atomic E-state index is 13.4. The van der Waals surface area contributed by atoms with E-state index in [1.807, 2.05) is 67.6 Å². The Morgan fingerprint density at radius 1 is 0.853 bits per heavy atom. The van der Waals surface area contributed by atoms with Crippen molar-refractivity contribution in [2.75, 3.05) is 23.3 Å². The number of carbonyl (C=O) groups is 2. The van der Waals surface area contributed by atoms with Gasteiger partial charge >= 0.3 is 6.03 Å². The van der Waals surface area contributed by atoms with Crippen molar-refractivity contribution in [3.05, 3.63) is 108 Å². The van der Waals surface area contributed by atoms with Crippen LogP contribution in [0.4, 0.5) is 20.6 Å². The molecule has 6 heteroatoms. The second-order valence-electron chi connectivity index (χ2n) is 8.06. The normalized spacial score (nSPS) is 10.6. The summed E-state index contributed by atoms with van der Waals surface area (Å²) in [6, 6.07) is 26.3. The zero-order valence-electron chi connectivity index (χ0n) is 18.9.